The maximum atomic E-state index is 5.39. The van der Waals surface area contributed by atoms with Crippen LogP contribution in [0.3, 0.4) is 0 Å². The summed E-state index contributed by atoms with van der Waals surface area (Å²) < 4.78 is 5.39. The fraction of sp³-hybridized carbons (Fsp3) is 0.600. The van der Waals surface area contributed by atoms with Crippen molar-refractivity contribution in [1.29, 1.82) is 0 Å². The zero-order valence-corrected chi connectivity index (χ0v) is 11.3. The van der Waals surface area contributed by atoms with E-state index in [-0.39, 0.29) is 0 Å². The fourth-order valence-electron chi connectivity index (χ4n) is 2.45. The molecule has 1 unspecified atom stereocenters. The van der Waals surface area contributed by atoms with Crippen LogP contribution in [0.25, 0.3) is 0 Å². The van der Waals surface area contributed by atoms with Crippen LogP contribution in [0.5, 0.6) is 5.75 Å². The lowest BCUT2D eigenvalue weighted by Gasteiger charge is -2.20. The lowest BCUT2D eigenvalue weighted by molar-refractivity contribution is 0.352. The molecule has 2 rings (SSSR count). The third-order valence-corrected chi connectivity index (χ3v) is 3.49. The van der Waals surface area contributed by atoms with E-state index in [1.165, 1.54) is 24.1 Å². The zero-order chi connectivity index (χ0) is 12.5. The molecular formula is C15H23NO. The van der Waals surface area contributed by atoms with Crippen molar-refractivity contribution >= 4 is 5.69 Å². The van der Waals surface area contributed by atoms with Crippen LogP contribution in [0.4, 0.5) is 5.69 Å². The highest BCUT2D eigenvalue weighted by atomic mass is 16.5. The van der Waals surface area contributed by atoms with Crippen LogP contribution >= 0.6 is 0 Å². The van der Waals surface area contributed by atoms with Gasteiger partial charge in [-0.3, -0.25) is 0 Å². The Kier molecular flexibility index (Phi) is 3.32. The summed E-state index contributed by atoms with van der Waals surface area (Å²) in [6, 6.07) is 6.35. The molecule has 0 bridgehead atoms. The lowest BCUT2D eigenvalue weighted by Crippen LogP contribution is -2.09. The molecule has 17 heavy (non-hydrogen) atoms. The van der Waals surface area contributed by atoms with Crippen molar-refractivity contribution in [3.8, 4) is 5.75 Å². The van der Waals surface area contributed by atoms with Crippen molar-refractivity contribution in [2.75, 3.05) is 19.0 Å². The Hall–Kier alpha value is -1.18. The van der Waals surface area contributed by atoms with E-state index in [2.05, 4.69) is 38.2 Å². The van der Waals surface area contributed by atoms with Crippen LogP contribution < -0.4 is 10.1 Å². The largest absolute Gasteiger partial charge is 0.495 e. The summed E-state index contributed by atoms with van der Waals surface area (Å²) in [5, 5.41) is 3.48. The molecule has 1 heterocycles. The Morgan fingerprint density at radius 3 is 2.76 bits per heavy atom. The van der Waals surface area contributed by atoms with Crippen molar-refractivity contribution in [3.63, 3.8) is 0 Å². The van der Waals surface area contributed by atoms with Crippen LogP contribution in [0.2, 0.25) is 0 Å². The Balaban J connectivity index is 2.12. The number of ether oxygens (including phenoxy) is 1. The van der Waals surface area contributed by atoms with Gasteiger partial charge in [-0.2, -0.15) is 0 Å². The van der Waals surface area contributed by atoms with Crippen LogP contribution in [0.15, 0.2) is 18.2 Å². The van der Waals surface area contributed by atoms with Crippen LogP contribution in [-0.2, 0) is 0 Å². The van der Waals surface area contributed by atoms with Gasteiger partial charge in [-0.15, -0.1) is 0 Å². The predicted octanol–water partition coefficient (Wildman–Crippen LogP) is 4.03. The summed E-state index contributed by atoms with van der Waals surface area (Å²) in [6.07, 6.45) is 2.51. The molecule has 0 aromatic heterocycles. The highest BCUT2D eigenvalue weighted by molar-refractivity contribution is 5.66. The number of hydrogen-bond acceptors (Lipinski definition) is 2. The number of methoxy groups -OCH3 is 1. The number of anilines is 1. The minimum atomic E-state index is 0.418. The minimum Gasteiger partial charge on any atom is -0.495 e. The van der Waals surface area contributed by atoms with Crippen LogP contribution in [0.1, 0.15) is 45.1 Å². The number of fused-ring (bicyclic) bond motifs is 1. The van der Waals surface area contributed by atoms with Crippen molar-refractivity contribution < 1.29 is 4.74 Å². The molecule has 0 saturated carbocycles. The van der Waals surface area contributed by atoms with Crippen molar-refractivity contribution in [3.05, 3.63) is 23.8 Å². The molecule has 1 aromatic rings. The van der Waals surface area contributed by atoms with E-state index in [9.17, 15) is 0 Å². The van der Waals surface area contributed by atoms with Gasteiger partial charge in [0.1, 0.15) is 5.75 Å². The minimum absolute atomic E-state index is 0.418. The fourth-order valence-corrected chi connectivity index (χ4v) is 2.45. The molecule has 0 amide bonds. The lowest BCUT2D eigenvalue weighted by atomic mass is 9.85. The second-order valence-corrected chi connectivity index (χ2v) is 6.10. The number of nitrogens with one attached hydrogen (secondary N) is 1. The first-order valence-electron chi connectivity index (χ1n) is 6.42. The smallest absolute Gasteiger partial charge is 0.142 e. The van der Waals surface area contributed by atoms with Gasteiger partial charge in [-0.25, -0.2) is 0 Å². The average molecular weight is 233 g/mol. The molecule has 1 N–H and O–H groups in total. The Morgan fingerprint density at radius 2 is 2.12 bits per heavy atom. The first-order chi connectivity index (χ1) is 8.01. The summed E-state index contributed by atoms with van der Waals surface area (Å²) >= 11 is 0. The number of rotatable bonds is 3. The zero-order valence-electron chi connectivity index (χ0n) is 11.3. The Labute approximate surface area is 104 Å². The van der Waals surface area contributed by atoms with Crippen molar-refractivity contribution in [1.82, 2.24) is 0 Å². The van der Waals surface area contributed by atoms with E-state index in [1.54, 1.807) is 7.11 Å². The number of hydrogen-bond donors (Lipinski definition) is 1. The molecule has 1 aromatic carbocycles. The third kappa shape index (κ3) is 2.74. The number of benzene rings is 1. The topological polar surface area (TPSA) is 21.3 Å². The van der Waals surface area contributed by atoms with Gasteiger partial charge in [-0.05, 0) is 29.9 Å². The molecular weight excluding hydrogens is 210 g/mol. The normalized spacial score (nSPS) is 18.7. The summed E-state index contributed by atoms with van der Waals surface area (Å²) in [5.41, 5.74) is 3.05. The van der Waals surface area contributed by atoms with Gasteiger partial charge in [-0.1, -0.05) is 32.9 Å². The highest BCUT2D eigenvalue weighted by Crippen LogP contribution is 2.41. The van der Waals surface area contributed by atoms with Crippen LogP contribution in [-0.4, -0.2) is 13.7 Å². The van der Waals surface area contributed by atoms with Gasteiger partial charge in [0.15, 0.2) is 0 Å². The van der Waals surface area contributed by atoms with Gasteiger partial charge >= 0.3 is 0 Å². The molecule has 0 aliphatic carbocycles. The second kappa shape index (κ2) is 4.59. The standard InChI is InChI=1S/C15H23NO/c1-15(2,3)9-8-11-10-16-14-12(11)6-5-7-13(14)17-4/h5-7,11,16H,8-10H2,1-4H3. The van der Waals surface area contributed by atoms with Gasteiger partial charge in [0.25, 0.3) is 0 Å². The van der Waals surface area contributed by atoms with Gasteiger partial charge in [0.05, 0.1) is 12.8 Å². The molecule has 0 saturated heterocycles. The van der Waals surface area contributed by atoms with E-state index in [0.29, 0.717) is 11.3 Å². The monoisotopic (exact) mass is 233 g/mol. The molecule has 2 heteroatoms. The molecule has 0 radical (unpaired) electrons. The Morgan fingerprint density at radius 1 is 1.35 bits per heavy atom. The number of para-hydroxylation sites is 1. The molecule has 0 fully saturated rings. The third-order valence-electron chi connectivity index (χ3n) is 3.49. The SMILES string of the molecule is COc1cccc2c1NCC2CCC(C)(C)C. The Bertz CT molecular complexity index is 392. The maximum Gasteiger partial charge on any atom is 0.142 e. The van der Waals surface area contributed by atoms with E-state index in [4.69, 9.17) is 4.74 Å². The van der Waals surface area contributed by atoms with E-state index in [1.807, 2.05) is 6.07 Å². The predicted molar refractivity (Wildman–Crippen MR) is 72.9 cm³/mol. The van der Waals surface area contributed by atoms with Crippen molar-refractivity contribution in [2.24, 2.45) is 5.41 Å². The first-order valence-corrected chi connectivity index (χ1v) is 6.42. The molecule has 1 aliphatic rings. The molecule has 1 atom stereocenters. The van der Waals surface area contributed by atoms with Crippen LogP contribution in [0, 0.1) is 5.41 Å². The summed E-state index contributed by atoms with van der Waals surface area (Å²) in [6.45, 7) is 7.97. The van der Waals surface area contributed by atoms with Gasteiger partial charge < -0.3 is 10.1 Å². The van der Waals surface area contributed by atoms with E-state index < -0.39 is 0 Å². The summed E-state index contributed by atoms with van der Waals surface area (Å²) in [4.78, 5) is 0. The summed E-state index contributed by atoms with van der Waals surface area (Å²) in [5.74, 6) is 1.61. The average Bonchev–Trinajstić information content (AvgIpc) is 2.68. The summed E-state index contributed by atoms with van der Waals surface area (Å²) in [7, 11) is 1.74. The second-order valence-electron chi connectivity index (χ2n) is 6.10. The first kappa shape index (κ1) is 12.3. The van der Waals surface area contributed by atoms with E-state index >= 15 is 0 Å². The molecule has 0 spiro atoms. The van der Waals surface area contributed by atoms with Gasteiger partial charge in [0.2, 0.25) is 0 Å². The maximum absolute atomic E-state index is 5.39. The quantitative estimate of drug-likeness (QED) is 0.851. The molecule has 94 valence electrons. The van der Waals surface area contributed by atoms with Crippen molar-refractivity contribution in [2.45, 2.75) is 39.5 Å². The molecule has 2 nitrogen and oxygen atoms in total. The highest BCUT2D eigenvalue weighted by Gasteiger charge is 2.25. The van der Waals surface area contributed by atoms with Gasteiger partial charge in [0, 0.05) is 12.5 Å². The molecule has 1 aliphatic heterocycles. The van der Waals surface area contributed by atoms with E-state index in [0.717, 1.165) is 12.3 Å².